The van der Waals surface area contributed by atoms with Crippen LogP contribution in [0.4, 0.5) is 0 Å². The van der Waals surface area contributed by atoms with E-state index in [0.717, 1.165) is 25.0 Å². The van der Waals surface area contributed by atoms with Gasteiger partial charge in [-0.15, -0.1) is 0 Å². The van der Waals surface area contributed by atoms with Crippen molar-refractivity contribution in [2.45, 2.75) is 71.1 Å². The Hall–Kier alpha value is -1.38. The zero-order valence-corrected chi connectivity index (χ0v) is 13.3. The van der Waals surface area contributed by atoms with Gasteiger partial charge >= 0.3 is 5.97 Å². The molecular weight excluding hydrogens is 262 g/mol. The first-order valence-corrected chi connectivity index (χ1v) is 8.36. The summed E-state index contributed by atoms with van der Waals surface area (Å²) < 4.78 is 0. The average molecular weight is 291 g/mol. The predicted molar refractivity (Wildman–Crippen MR) is 86.3 cm³/mol. The van der Waals surface area contributed by atoms with E-state index >= 15 is 0 Å². The van der Waals surface area contributed by atoms with Crippen molar-refractivity contribution in [2.75, 3.05) is 0 Å². The zero-order chi connectivity index (χ0) is 15.3. The molecule has 0 bridgehead atoms. The van der Waals surface area contributed by atoms with Crippen molar-refractivity contribution >= 4 is 5.97 Å². The minimum absolute atomic E-state index is 0.292. The molecule has 1 aromatic heterocycles. The maximum Gasteiger partial charge on any atom is 0.306 e. The highest BCUT2D eigenvalue weighted by Crippen LogP contribution is 2.17. The lowest BCUT2D eigenvalue weighted by Crippen LogP contribution is -2.17. The molecule has 0 aliphatic carbocycles. The molecule has 0 aromatic carbocycles. The molecule has 1 rings (SSSR count). The molecule has 1 heterocycles. The van der Waals surface area contributed by atoms with Crippen LogP contribution in [0.25, 0.3) is 0 Å². The van der Waals surface area contributed by atoms with Crippen molar-refractivity contribution in [1.29, 1.82) is 0 Å². The molecule has 0 spiro atoms. The van der Waals surface area contributed by atoms with Gasteiger partial charge in [-0.25, -0.2) is 0 Å². The van der Waals surface area contributed by atoms with Crippen LogP contribution in [0.5, 0.6) is 0 Å². The fourth-order valence-electron chi connectivity index (χ4n) is 2.61. The van der Waals surface area contributed by atoms with Crippen LogP contribution in [0, 0.1) is 5.92 Å². The number of hydrogen-bond donors (Lipinski definition) is 1. The molecular formula is C18H29NO2. The number of pyridine rings is 1. The number of nitrogens with zero attached hydrogens (tertiary/aromatic N) is 1. The highest BCUT2D eigenvalue weighted by atomic mass is 16.4. The number of carboxylic acids is 1. The summed E-state index contributed by atoms with van der Waals surface area (Å²) in [4.78, 5) is 15.5. The SMILES string of the molecule is CCCCCCCCCCC(Cc1ccccn1)C(=O)O. The number of carboxylic acid groups (broad SMARTS) is 1. The van der Waals surface area contributed by atoms with E-state index in [1.807, 2.05) is 18.2 Å². The lowest BCUT2D eigenvalue weighted by molar-refractivity contribution is -0.142. The molecule has 0 saturated heterocycles. The predicted octanol–water partition coefficient (Wildman–Crippen LogP) is 4.86. The average Bonchev–Trinajstić information content (AvgIpc) is 2.49. The molecule has 0 fully saturated rings. The third-order valence-corrected chi connectivity index (χ3v) is 3.94. The molecule has 1 unspecified atom stereocenters. The molecule has 0 aliphatic rings. The first kappa shape index (κ1) is 17.7. The van der Waals surface area contributed by atoms with Gasteiger partial charge in [0.15, 0.2) is 0 Å². The minimum atomic E-state index is -0.691. The Morgan fingerprint density at radius 2 is 1.76 bits per heavy atom. The second-order valence-corrected chi connectivity index (χ2v) is 5.82. The highest BCUT2D eigenvalue weighted by molar-refractivity contribution is 5.70. The minimum Gasteiger partial charge on any atom is -0.481 e. The molecule has 0 aliphatic heterocycles. The smallest absolute Gasteiger partial charge is 0.306 e. The normalized spacial score (nSPS) is 12.2. The van der Waals surface area contributed by atoms with Crippen molar-refractivity contribution in [2.24, 2.45) is 5.92 Å². The molecule has 0 radical (unpaired) electrons. The van der Waals surface area contributed by atoms with Crippen molar-refractivity contribution in [3.8, 4) is 0 Å². The maximum absolute atomic E-state index is 11.3. The van der Waals surface area contributed by atoms with Crippen LogP contribution in [-0.4, -0.2) is 16.1 Å². The fraction of sp³-hybridized carbons (Fsp3) is 0.667. The molecule has 1 N–H and O–H groups in total. The van der Waals surface area contributed by atoms with E-state index in [2.05, 4.69) is 11.9 Å². The molecule has 0 amide bonds. The first-order chi connectivity index (χ1) is 10.2. The number of carbonyl (C=O) groups is 1. The van der Waals surface area contributed by atoms with Crippen molar-refractivity contribution < 1.29 is 9.90 Å². The molecule has 0 saturated carbocycles. The van der Waals surface area contributed by atoms with Crippen LogP contribution in [0.15, 0.2) is 24.4 Å². The third-order valence-electron chi connectivity index (χ3n) is 3.94. The summed E-state index contributed by atoms with van der Waals surface area (Å²) >= 11 is 0. The number of rotatable bonds is 12. The Labute approximate surface area is 128 Å². The second kappa shape index (κ2) is 11.3. The topological polar surface area (TPSA) is 50.2 Å². The quantitative estimate of drug-likeness (QED) is 0.560. The van der Waals surface area contributed by atoms with Gasteiger partial charge in [-0.1, -0.05) is 64.4 Å². The number of aliphatic carboxylic acids is 1. The number of aromatic nitrogens is 1. The summed E-state index contributed by atoms with van der Waals surface area (Å²) in [5, 5.41) is 9.31. The Balaban J connectivity index is 2.16. The Morgan fingerprint density at radius 1 is 1.10 bits per heavy atom. The van der Waals surface area contributed by atoms with Gasteiger partial charge in [-0.3, -0.25) is 9.78 Å². The molecule has 21 heavy (non-hydrogen) atoms. The largest absolute Gasteiger partial charge is 0.481 e. The van der Waals surface area contributed by atoms with Crippen LogP contribution in [-0.2, 0) is 11.2 Å². The molecule has 1 atom stereocenters. The van der Waals surface area contributed by atoms with Gasteiger partial charge in [-0.2, -0.15) is 0 Å². The number of unbranched alkanes of at least 4 members (excludes halogenated alkanes) is 7. The van der Waals surface area contributed by atoms with Crippen molar-refractivity contribution in [3.05, 3.63) is 30.1 Å². The third kappa shape index (κ3) is 8.49. The summed E-state index contributed by atoms with van der Waals surface area (Å²) in [6, 6.07) is 5.68. The monoisotopic (exact) mass is 291 g/mol. The first-order valence-electron chi connectivity index (χ1n) is 8.36. The van der Waals surface area contributed by atoms with Gasteiger partial charge in [0, 0.05) is 18.3 Å². The number of hydrogen-bond acceptors (Lipinski definition) is 2. The summed E-state index contributed by atoms with van der Waals surface area (Å²) in [5.41, 5.74) is 0.879. The van der Waals surface area contributed by atoms with Gasteiger partial charge in [0.05, 0.1) is 5.92 Å². The lowest BCUT2D eigenvalue weighted by Gasteiger charge is -2.11. The van der Waals surface area contributed by atoms with Gasteiger partial charge < -0.3 is 5.11 Å². The maximum atomic E-state index is 11.3. The van der Waals surface area contributed by atoms with Crippen LogP contribution >= 0.6 is 0 Å². The van der Waals surface area contributed by atoms with Crippen LogP contribution in [0.1, 0.15) is 70.4 Å². The summed E-state index contributed by atoms with van der Waals surface area (Å²) in [7, 11) is 0. The van der Waals surface area contributed by atoms with E-state index in [4.69, 9.17) is 0 Å². The Bertz CT molecular complexity index is 378. The fourth-order valence-corrected chi connectivity index (χ4v) is 2.61. The second-order valence-electron chi connectivity index (χ2n) is 5.82. The van der Waals surface area contributed by atoms with E-state index in [-0.39, 0.29) is 5.92 Å². The van der Waals surface area contributed by atoms with Gasteiger partial charge in [0.25, 0.3) is 0 Å². The van der Waals surface area contributed by atoms with Crippen LogP contribution in [0.2, 0.25) is 0 Å². The Kier molecular flexibility index (Phi) is 9.51. The van der Waals surface area contributed by atoms with Gasteiger partial charge in [0.1, 0.15) is 0 Å². The summed E-state index contributed by atoms with van der Waals surface area (Å²) in [6.45, 7) is 2.23. The van der Waals surface area contributed by atoms with E-state index in [9.17, 15) is 9.90 Å². The van der Waals surface area contributed by atoms with Crippen LogP contribution < -0.4 is 0 Å². The van der Waals surface area contributed by atoms with E-state index < -0.39 is 5.97 Å². The summed E-state index contributed by atoms with van der Waals surface area (Å²) in [5.74, 6) is -0.983. The van der Waals surface area contributed by atoms with E-state index in [1.54, 1.807) is 6.20 Å². The molecule has 3 heteroatoms. The van der Waals surface area contributed by atoms with Crippen molar-refractivity contribution in [1.82, 2.24) is 4.98 Å². The van der Waals surface area contributed by atoms with Crippen molar-refractivity contribution in [3.63, 3.8) is 0 Å². The van der Waals surface area contributed by atoms with Gasteiger partial charge in [-0.05, 0) is 18.6 Å². The van der Waals surface area contributed by atoms with Gasteiger partial charge in [0.2, 0.25) is 0 Å². The molecule has 118 valence electrons. The zero-order valence-electron chi connectivity index (χ0n) is 13.3. The van der Waals surface area contributed by atoms with E-state index in [0.29, 0.717) is 6.42 Å². The lowest BCUT2D eigenvalue weighted by atomic mass is 9.95. The van der Waals surface area contributed by atoms with Crippen LogP contribution in [0.3, 0.4) is 0 Å². The highest BCUT2D eigenvalue weighted by Gasteiger charge is 2.17. The van der Waals surface area contributed by atoms with E-state index in [1.165, 1.54) is 38.5 Å². The standard InChI is InChI=1S/C18H29NO2/c1-2-3-4-5-6-7-8-9-12-16(18(20)21)15-17-13-10-11-14-19-17/h10-11,13-14,16H,2-9,12,15H2,1H3,(H,20,21). The molecule has 1 aromatic rings. The Morgan fingerprint density at radius 3 is 2.33 bits per heavy atom. The molecule has 3 nitrogen and oxygen atoms in total. The summed E-state index contributed by atoms with van der Waals surface area (Å²) in [6.07, 6.45) is 13.0.